The van der Waals surface area contributed by atoms with Crippen molar-refractivity contribution in [3.8, 4) is 0 Å². The molecule has 3 saturated carbocycles. The van der Waals surface area contributed by atoms with Gasteiger partial charge in [-0.15, -0.1) is 0 Å². The average molecular weight is 599 g/mol. The van der Waals surface area contributed by atoms with Crippen LogP contribution in [0.2, 0.25) is 10.0 Å². The zero-order valence-electron chi connectivity index (χ0n) is 17.9. The number of fused-ring (bicyclic) bond motifs is 1. The molecule has 0 radical (unpaired) electrons. The Labute approximate surface area is 208 Å². The third-order valence-electron chi connectivity index (χ3n) is 7.53. The SMILES string of the molecule is CC1CC2CC3CC(CC23)C1NC(=O)C(C)(C)NS(=O)(=O)c1c(Cl)cc(CI)cc1Cl. The summed E-state index contributed by atoms with van der Waals surface area (Å²) < 4.78 is 29.4. The van der Waals surface area contributed by atoms with Crippen LogP contribution in [0.3, 0.4) is 0 Å². The Hall–Kier alpha value is -0.0900. The van der Waals surface area contributed by atoms with Crippen molar-refractivity contribution in [2.75, 3.05) is 0 Å². The molecule has 0 heterocycles. The summed E-state index contributed by atoms with van der Waals surface area (Å²) in [6, 6.07) is 3.27. The van der Waals surface area contributed by atoms with E-state index in [1.165, 1.54) is 19.3 Å². The molecule has 172 valence electrons. The lowest BCUT2D eigenvalue weighted by atomic mass is 9.63. The number of hydrogen-bond donors (Lipinski definition) is 2. The number of carbonyl (C=O) groups excluding carboxylic acids is 1. The van der Waals surface area contributed by atoms with Gasteiger partial charge >= 0.3 is 0 Å². The fourth-order valence-corrected chi connectivity index (χ4v) is 9.12. The van der Waals surface area contributed by atoms with Gasteiger partial charge in [-0.3, -0.25) is 4.79 Å². The predicted octanol–water partition coefficient (Wildman–Crippen LogP) is 5.17. The number of sulfonamides is 1. The highest BCUT2D eigenvalue weighted by molar-refractivity contribution is 14.1. The molecular formula is C22H29Cl2IN2O3S. The molecule has 3 fully saturated rings. The van der Waals surface area contributed by atoms with Gasteiger partial charge in [0.2, 0.25) is 15.9 Å². The van der Waals surface area contributed by atoms with Crippen LogP contribution >= 0.6 is 45.8 Å². The van der Waals surface area contributed by atoms with Crippen molar-refractivity contribution in [3.05, 3.63) is 27.7 Å². The second-order valence-electron chi connectivity index (χ2n) is 10.1. The molecule has 3 aliphatic carbocycles. The number of carbonyl (C=O) groups is 1. The average Bonchev–Trinajstić information content (AvgIpc) is 2.93. The summed E-state index contributed by atoms with van der Waals surface area (Å²) in [5.41, 5.74) is -0.512. The fourth-order valence-electron chi connectivity index (χ4n) is 6.04. The Morgan fingerprint density at radius 1 is 1.10 bits per heavy atom. The van der Waals surface area contributed by atoms with Crippen LogP contribution in [0.1, 0.15) is 52.0 Å². The summed E-state index contributed by atoms with van der Waals surface area (Å²) >= 11 is 14.7. The zero-order valence-corrected chi connectivity index (χ0v) is 22.4. The normalized spacial score (nSPS) is 32.3. The maximum absolute atomic E-state index is 13.2. The van der Waals surface area contributed by atoms with Gasteiger partial charge < -0.3 is 5.32 Å². The maximum Gasteiger partial charge on any atom is 0.244 e. The molecule has 1 aromatic carbocycles. The molecule has 0 saturated heterocycles. The van der Waals surface area contributed by atoms with Crippen molar-refractivity contribution in [3.63, 3.8) is 0 Å². The Bertz CT molecular complexity index is 977. The number of nitrogens with one attached hydrogen (secondary N) is 2. The molecule has 1 amide bonds. The van der Waals surface area contributed by atoms with Gasteiger partial charge in [0.1, 0.15) is 10.4 Å². The smallest absolute Gasteiger partial charge is 0.244 e. The second-order valence-corrected chi connectivity index (χ2v) is 13.3. The van der Waals surface area contributed by atoms with Crippen LogP contribution in [0.15, 0.2) is 17.0 Å². The Morgan fingerprint density at radius 2 is 1.68 bits per heavy atom. The molecule has 4 rings (SSSR count). The number of amides is 1. The van der Waals surface area contributed by atoms with Crippen LogP contribution in [0.25, 0.3) is 0 Å². The lowest BCUT2D eigenvalue weighted by molar-refractivity contribution is -0.127. The summed E-state index contributed by atoms with van der Waals surface area (Å²) in [4.78, 5) is 13.0. The van der Waals surface area contributed by atoms with Crippen molar-refractivity contribution in [2.45, 2.75) is 67.4 Å². The van der Waals surface area contributed by atoms with Crippen LogP contribution in [-0.2, 0) is 19.2 Å². The van der Waals surface area contributed by atoms with E-state index in [1.807, 2.05) is 0 Å². The molecule has 5 nitrogen and oxygen atoms in total. The van der Waals surface area contributed by atoms with Gasteiger partial charge in [0.05, 0.1) is 10.0 Å². The monoisotopic (exact) mass is 598 g/mol. The molecule has 6 unspecified atom stereocenters. The molecule has 1 aromatic rings. The van der Waals surface area contributed by atoms with Crippen LogP contribution in [0.4, 0.5) is 0 Å². The first-order chi connectivity index (χ1) is 14.4. The predicted molar refractivity (Wildman–Crippen MR) is 132 cm³/mol. The van der Waals surface area contributed by atoms with Crippen molar-refractivity contribution >= 4 is 61.7 Å². The number of benzene rings is 1. The van der Waals surface area contributed by atoms with Crippen LogP contribution in [-0.4, -0.2) is 25.9 Å². The summed E-state index contributed by atoms with van der Waals surface area (Å²) in [6.07, 6.45) is 4.85. The van der Waals surface area contributed by atoms with E-state index < -0.39 is 15.6 Å². The van der Waals surface area contributed by atoms with Gasteiger partial charge in [-0.2, -0.15) is 4.72 Å². The molecule has 9 heteroatoms. The highest BCUT2D eigenvalue weighted by Gasteiger charge is 2.53. The van der Waals surface area contributed by atoms with E-state index in [-0.39, 0.29) is 26.9 Å². The van der Waals surface area contributed by atoms with Crippen LogP contribution < -0.4 is 10.0 Å². The van der Waals surface area contributed by atoms with Gasteiger partial charge in [0.25, 0.3) is 0 Å². The third-order valence-corrected chi connectivity index (χ3v) is 11.0. The van der Waals surface area contributed by atoms with Gasteiger partial charge in [-0.25, -0.2) is 8.42 Å². The minimum atomic E-state index is -4.10. The lowest BCUT2D eigenvalue weighted by Gasteiger charge is -2.43. The standard InChI is InChI=1S/C22H29Cl2IN2O3S/c1-11-4-13-7-14-8-15(9-16(13)14)19(11)26-21(28)22(2,3)27-31(29,30)20-17(23)5-12(10-25)6-18(20)24/h5-6,11,13-16,19,27H,4,7-10H2,1-3H3,(H,26,28). The zero-order chi connectivity index (χ0) is 22.7. The van der Waals surface area contributed by atoms with Crippen molar-refractivity contribution in [2.24, 2.45) is 29.6 Å². The molecule has 6 atom stereocenters. The fraction of sp³-hybridized carbons (Fsp3) is 0.682. The third kappa shape index (κ3) is 4.51. The highest BCUT2D eigenvalue weighted by atomic mass is 127. The summed E-state index contributed by atoms with van der Waals surface area (Å²) in [7, 11) is -4.10. The molecule has 2 N–H and O–H groups in total. The largest absolute Gasteiger partial charge is 0.351 e. The number of halogens is 3. The molecule has 0 aliphatic heterocycles. The van der Waals surface area contributed by atoms with Gasteiger partial charge in [-0.05, 0) is 86.8 Å². The molecule has 3 aliphatic rings. The minimum absolute atomic E-state index is 0.0523. The van der Waals surface area contributed by atoms with E-state index in [0.717, 1.165) is 29.7 Å². The number of rotatable bonds is 6. The van der Waals surface area contributed by atoms with Gasteiger partial charge in [0, 0.05) is 10.5 Å². The Kier molecular flexibility index (Phi) is 6.67. The molecule has 0 aromatic heterocycles. The molecule has 31 heavy (non-hydrogen) atoms. The van der Waals surface area contributed by atoms with E-state index in [0.29, 0.717) is 16.3 Å². The van der Waals surface area contributed by atoms with E-state index in [4.69, 9.17) is 23.2 Å². The van der Waals surface area contributed by atoms with Gasteiger partial charge in [-0.1, -0.05) is 52.7 Å². The number of alkyl halides is 1. The molecular weight excluding hydrogens is 570 g/mol. The lowest BCUT2D eigenvalue weighted by Crippen LogP contribution is -2.58. The van der Waals surface area contributed by atoms with Crippen molar-refractivity contribution in [1.82, 2.24) is 10.0 Å². The van der Waals surface area contributed by atoms with Crippen LogP contribution in [0, 0.1) is 29.6 Å². The topological polar surface area (TPSA) is 75.3 Å². The first-order valence-corrected chi connectivity index (χ1v) is 14.6. The van der Waals surface area contributed by atoms with Gasteiger partial charge in [0.15, 0.2) is 0 Å². The van der Waals surface area contributed by atoms with Crippen molar-refractivity contribution in [1.29, 1.82) is 0 Å². The maximum atomic E-state index is 13.2. The first kappa shape index (κ1) is 24.0. The summed E-state index contributed by atoms with van der Waals surface area (Å²) in [5.74, 6) is 3.01. The van der Waals surface area contributed by atoms with E-state index in [1.54, 1.807) is 26.0 Å². The molecule has 2 bridgehead atoms. The first-order valence-electron chi connectivity index (χ1n) is 10.8. The van der Waals surface area contributed by atoms with E-state index >= 15 is 0 Å². The quantitative estimate of drug-likeness (QED) is 0.350. The summed E-state index contributed by atoms with van der Waals surface area (Å²) in [5, 5.41) is 3.31. The summed E-state index contributed by atoms with van der Waals surface area (Å²) in [6.45, 7) is 5.37. The van der Waals surface area contributed by atoms with E-state index in [2.05, 4.69) is 39.6 Å². The Morgan fingerprint density at radius 3 is 2.29 bits per heavy atom. The van der Waals surface area contributed by atoms with E-state index in [9.17, 15) is 13.2 Å². The van der Waals surface area contributed by atoms with Crippen LogP contribution in [0.5, 0.6) is 0 Å². The Balaban J connectivity index is 1.51. The highest BCUT2D eigenvalue weighted by Crippen LogP contribution is 2.59. The molecule has 0 spiro atoms. The number of hydrogen-bond acceptors (Lipinski definition) is 3. The minimum Gasteiger partial charge on any atom is -0.351 e. The second kappa shape index (κ2) is 8.60. The van der Waals surface area contributed by atoms with Crippen molar-refractivity contribution < 1.29 is 13.2 Å².